The molecule has 1 amide bonds. The van der Waals surface area contributed by atoms with E-state index in [2.05, 4.69) is 5.32 Å². The Morgan fingerprint density at radius 2 is 2.20 bits per heavy atom. The van der Waals surface area contributed by atoms with Crippen LogP contribution in [0, 0.1) is 0 Å². The summed E-state index contributed by atoms with van der Waals surface area (Å²) in [4.78, 5) is 11.2. The lowest BCUT2D eigenvalue weighted by Gasteiger charge is -2.20. The number of amides is 1. The number of carbonyl (C=O) groups excluding carboxylic acids is 1. The first-order valence-electron chi connectivity index (χ1n) is 4.95. The molecule has 1 atom stereocenters. The van der Waals surface area contributed by atoms with E-state index < -0.39 is 0 Å². The van der Waals surface area contributed by atoms with Crippen molar-refractivity contribution in [1.29, 1.82) is 0 Å². The fourth-order valence-corrected chi connectivity index (χ4v) is 2.03. The lowest BCUT2D eigenvalue weighted by atomic mass is 9.98. The topological polar surface area (TPSA) is 55.1 Å². The van der Waals surface area contributed by atoms with Crippen LogP contribution in [-0.4, -0.2) is 5.91 Å². The molecule has 0 fully saturated rings. The molecule has 80 valence electrons. The Labute approximate surface area is 93.6 Å². The monoisotopic (exact) mass is 224 g/mol. The molecule has 0 saturated carbocycles. The predicted octanol–water partition coefficient (Wildman–Crippen LogP) is 2.24. The summed E-state index contributed by atoms with van der Waals surface area (Å²) >= 11 is 6.09. The van der Waals surface area contributed by atoms with Crippen molar-refractivity contribution in [1.82, 2.24) is 0 Å². The molecule has 1 aliphatic rings. The van der Waals surface area contributed by atoms with E-state index in [9.17, 15) is 4.79 Å². The summed E-state index contributed by atoms with van der Waals surface area (Å²) in [5.74, 6) is 0.0259. The third-order valence-electron chi connectivity index (χ3n) is 2.61. The van der Waals surface area contributed by atoms with E-state index >= 15 is 0 Å². The molecule has 0 bridgehead atoms. The van der Waals surface area contributed by atoms with E-state index in [1.165, 1.54) is 0 Å². The first kappa shape index (κ1) is 10.5. The summed E-state index contributed by atoms with van der Waals surface area (Å²) in [6.45, 7) is 1.92. The van der Waals surface area contributed by atoms with Gasteiger partial charge in [0, 0.05) is 12.5 Å². The highest BCUT2D eigenvalue weighted by Crippen LogP contribution is 2.33. The van der Waals surface area contributed by atoms with Gasteiger partial charge in [-0.2, -0.15) is 0 Å². The largest absolute Gasteiger partial charge is 0.325 e. The van der Waals surface area contributed by atoms with Gasteiger partial charge >= 0.3 is 0 Å². The zero-order valence-electron chi connectivity index (χ0n) is 8.51. The van der Waals surface area contributed by atoms with Crippen molar-refractivity contribution in [3.05, 3.63) is 28.3 Å². The number of nitrogens with two attached hydrogens (primary N) is 1. The van der Waals surface area contributed by atoms with Gasteiger partial charge < -0.3 is 11.1 Å². The van der Waals surface area contributed by atoms with Crippen molar-refractivity contribution < 1.29 is 4.79 Å². The fourth-order valence-electron chi connectivity index (χ4n) is 1.74. The maximum absolute atomic E-state index is 11.2. The molecule has 15 heavy (non-hydrogen) atoms. The molecule has 0 radical (unpaired) electrons. The van der Waals surface area contributed by atoms with Crippen LogP contribution in [-0.2, 0) is 11.2 Å². The lowest BCUT2D eigenvalue weighted by molar-refractivity contribution is -0.116. The van der Waals surface area contributed by atoms with Crippen molar-refractivity contribution in [2.45, 2.75) is 25.8 Å². The smallest absolute Gasteiger partial charge is 0.224 e. The van der Waals surface area contributed by atoms with Crippen molar-refractivity contribution in [2.24, 2.45) is 5.73 Å². The van der Waals surface area contributed by atoms with Crippen molar-refractivity contribution in [3.63, 3.8) is 0 Å². The van der Waals surface area contributed by atoms with Gasteiger partial charge in [-0.05, 0) is 30.5 Å². The van der Waals surface area contributed by atoms with Gasteiger partial charge in [-0.25, -0.2) is 0 Å². The number of rotatable bonds is 1. The zero-order chi connectivity index (χ0) is 11.0. The number of carbonyl (C=O) groups is 1. The lowest BCUT2D eigenvalue weighted by Crippen LogP contribution is -2.20. The van der Waals surface area contributed by atoms with Crippen LogP contribution < -0.4 is 11.1 Å². The molecule has 2 rings (SSSR count). The highest BCUT2D eigenvalue weighted by atomic mass is 35.5. The van der Waals surface area contributed by atoms with Gasteiger partial charge in [-0.15, -0.1) is 0 Å². The molecule has 4 heteroatoms. The number of anilines is 1. The maximum Gasteiger partial charge on any atom is 0.224 e. The van der Waals surface area contributed by atoms with Gasteiger partial charge in [0.1, 0.15) is 0 Å². The average Bonchev–Trinajstić information content (AvgIpc) is 2.18. The molecule has 1 heterocycles. The van der Waals surface area contributed by atoms with Crippen LogP contribution in [0.5, 0.6) is 0 Å². The number of fused-ring (bicyclic) bond motifs is 1. The second kappa shape index (κ2) is 3.83. The molecule has 1 unspecified atom stereocenters. The van der Waals surface area contributed by atoms with E-state index in [1.807, 2.05) is 19.1 Å². The van der Waals surface area contributed by atoms with E-state index in [0.717, 1.165) is 23.2 Å². The summed E-state index contributed by atoms with van der Waals surface area (Å²) in [7, 11) is 0. The molecule has 1 aromatic rings. The predicted molar refractivity (Wildman–Crippen MR) is 61.0 cm³/mol. The Morgan fingerprint density at radius 3 is 2.87 bits per heavy atom. The van der Waals surface area contributed by atoms with Crippen LogP contribution in [0.15, 0.2) is 12.1 Å². The Hall–Kier alpha value is -1.06. The first-order chi connectivity index (χ1) is 7.08. The first-order valence-corrected chi connectivity index (χ1v) is 5.33. The van der Waals surface area contributed by atoms with Gasteiger partial charge in [0.15, 0.2) is 0 Å². The number of benzene rings is 1. The number of halogens is 1. The summed E-state index contributed by atoms with van der Waals surface area (Å²) in [5, 5.41) is 3.36. The Morgan fingerprint density at radius 1 is 1.47 bits per heavy atom. The Balaban J connectivity index is 2.47. The molecular formula is C11H13ClN2O. The Bertz CT molecular complexity index is 415. The fraction of sp³-hybridized carbons (Fsp3) is 0.364. The molecule has 0 aliphatic carbocycles. The Kier molecular flexibility index (Phi) is 2.67. The highest BCUT2D eigenvalue weighted by molar-refractivity contribution is 6.34. The maximum atomic E-state index is 11.2. The highest BCUT2D eigenvalue weighted by Gasteiger charge is 2.18. The molecule has 1 aliphatic heterocycles. The van der Waals surface area contributed by atoms with Gasteiger partial charge in [-0.3, -0.25) is 4.79 Å². The standard InChI is InChI=1S/C11H13ClN2O/c1-6(13)8-4-7-2-3-10(15)14-11(7)9(12)5-8/h4-6H,2-3,13H2,1H3,(H,14,15). The third-order valence-corrected chi connectivity index (χ3v) is 2.90. The summed E-state index contributed by atoms with van der Waals surface area (Å²) < 4.78 is 0. The molecule has 0 aromatic heterocycles. The molecule has 3 N–H and O–H groups in total. The number of hydrogen-bond donors (Lipinski definition) is 2. The summed E-state index contributed by atoms with van der Waals surface area (Å²) in [6.07, 6.45) is 1.26. The van der Waals surface area contributed by atoms with Crippen molar-refractivity contribution >= 4 is 23.2 Å². The minimum atomic E-state index is -0.0366. The van der Waals surface area contributed by atoms with Gasteiger partial charge in [0.25, 0.3) is 0 Å². The molecule has 3 nitrogen and oxygen atoms in total. The number of hydrogen-bond acceptors (Lipinski definition) is 2. The van der Waals surface area contributed by atoms with Crippen LogP contribution in [0.4, 0.5) is 5.69 Å². The molecule has 0 saturated heterocycles. The average molecular weight is 225 g/mol. The zero-order valence-corrected chi connectivity index (χ0v) is 9.27. The summed E-state index contributed by atoms with van der Waals surface area (Å²) in [5.41, 5.74) is 8.63. The van der Waals surface area contributed by atoms with Crippen LogP contribution in [0.25, 0.3) is 0 Å². The minimum absolute atomic E-state index is 0.0259. The van der Waals surface area contributed by atoms with Crippen LogP contribution >= 0.6 is 11.6 Å². The van der Waals surface area contributed by atoms with Gasteiger partial charge in [0.2, 0.25) is 5.91 Å². The van der Waals surface area contributed by atoms with Crippen molar-refractivity contribution in [2.75, 3.05) is 5.32 Å². The summed E-state index contributed by atoms with van der Waals surface area (Å²) in [6, 6.07) is 3.80. The van der Waals surface area contributed by atoms with E-state index in [-0.39, 0.29) is 11.9 Å². The van der Waals surface area contributed by atoms with E-state index in [4.69, 9.17) is 17.3 Å². The van der Waals surface area contributed by atoms with Crippen LogP contribution in [0.1, 0.15) is 30.5 Å². The minimum Gasteiger partial charge on any atom is -0.325 e. The normalized spacial score (nSPS) is 16.9. The quantitative estimate of drug-likeness (QED) is 0.769. The third kappa shape index (κ3) is 1.98. The molecule has 1 aromatic carbocycles. The SMILES string of the molecule is CC(N)c1cc(Cl)c2c(c1)CCC(=O)N2. The van der Waals surface area contributed by atoms with E-state index in [1.54, 1.807) is 0 Å². The second-order valence-corrected chi connectivity index (χ2v) is 4.28. The van der Waals surface area contributed by atoms with Crippen LogP contribution in [0.2, 0.25) is 5.02 Å². The van der Waals surface area contributed by atoms with Crippen LogP contribution in [0.3, 0.4) is 0 Å². The van der Waals surface area contributed by atoms with E-state index in [0.29, 0.717) is 11.4 Å². The molecule has 0 spiro atoms. The number of aryl methyl sites for hydroxylation is 1. The van der Waals surface area contributed by atoms with Crippen molar-refractivity contribution in [3.8, 4) is 0 Å². The number of nitrogens with one attached hydrogen (secondary N) is 1. The van der Waals surface area contributed by atoms with Gasteiger partial charge in [0.05, 0.1) is 10.7 Å². The molecular weight excluding hydrogens is 212 g/mol. The van der Waals surface area contributed by atoms with Gasteiger partial charge in [-0.1, -0.05) is 17.7 Å². The second-order valence-electron chi connectivity index (χ2n) is 3.87.